The van der Waals surface area contributed by atoms with E-state index < -0.39 is 57.6 Å². The van der Waals surface area contributed by atoms with Gasteiger partial charge in [-0.2, -0.15) is 26.3 Å². The fourth-order valence-corrected chi connectivity index (χ4v) is 6.26. The summed E-state index contributed by atoms with van der Waals surface area (Å²) in [6, 6.07) is 12.4. The normalized spacial score (nSPS) is 14.2. The van der Waals surface area contributed by atoms with Crippen LogP contribution in [0.25, 0.3) is 15.8 Å². The van der Waals surface area contributed by atoms with Gasteiger partial charge in [0.1, 0.15) is 0 Å². The molecule has 4 N–H and O–H groups in total. The zero-order chi connectivity index (χ0) is 34.6. The number of thiazole rings is 1. The summed E-state index contributed by atoms with van der Waals surface area (Å²) in [5, 5.41) is 16.1. The Labute approximate surface area is 273 Å². The number of rotatable bonds is 9. The quantitative estimate of drug-likeness (QED) is 0.132. The van der Waals surface area contributed by atoms with E-state index in [4.69, 9.17) is 5.11 Å². The van der Waals surface area contributed by atoms with Crippen molar-refractivity contribution < 1.29 is 45.8 Å². The van der Waals surface area contributed by atoms with Crippen LogP contribution in [0.5, 0.6) is 0 Å². The number of carboxylic acid groups (broad SMARTS) is 1. The number of hydrogen-bond donors (Lipinski definition) is 4. The largest absolute Gasteiger partial charge is 0.481 e. The van der Waals surface area contributed by atoms with E-state index in [-0.39, 0.29) is 29.7 Å². The van der Waals surface area contributed by atoms with Crippen LogP contribution < -0.4 is 16.0 Å². The number of urea groups is 1. The minimum atomic E-state index is -5.10. The molecule has 3 aromatic carbocycles. The number of nitrogens with one attached hydrogen (secondary N) is 3. The summed E-state index contributed by atoms with van der Waals surface area (Å²) in [6.07, 6.45) is -4.12. The van der Waals surface area contributed by atoms with Crippen LogP contribution in [0.15, 0.2) is 66.7 Å². The molecule has 8 nitrogen and oxygen atoms in total. The molecule has 1 aliphatic rings. The first kappa shape index (κ1) is 34.4. The second-order valence-electron chi connectivity index (χ2n) is 11.0. The molecule has 0 fully saturated rings. The SMILES string of the molecule is O=C(O)CCNC(=O)c1ccc(C(NC(=O)Nc2nc3cc(C(F)(F)F)cc(C(F)(F)F)c3s2)c2ccc(C3=CCCCC3)cc2)cc1. The second kappa shape index (κ2) is 14.1. The molecule has 1 atom stereocenters. The van der Waals surface area contributed by atoms with E-state index in [9.17, 15) is 40.7 Å². The van der Waals surface area contributed by atoms with E-state index in [1.54, 1.807) is 12.1 Å². The van der Waals surface area contributed by atoms with Crippen LogP contribution in [-0.2, 0) is 17.1 Å². The highest BCUT2D eigenvalue weighted by molar-refractivity contribution is 7.22. The number of amides is 3. The van der Waals surface area contributed by atoms with Crippen molar-refractivity contribution in [3.05, 3.63) is 100 Å². The zero-order valence-corrected chi connectivity index (χ0v) is 25.8. The van der Waals surface area contributed by atoms with Gasteiger partial charge < -0.3 is 15.7 Å². The predicted molar refractivity (Wildman–Crippen MR) is 168 cm³/mol. The molecule has 15 heteroatoms. The molecule has 5 rings (SSSR count). The van der Waals surface area contributed by atoms with Crippen molar-refractivity contribution in [2.45, 2.75) is 50.5 Å². The van der Waals surface area contributed by atoms with Gasteiger partial charge in [0.05, 0.1) is 33.8 Å². The molecule has 0 bridgehead atoms. The first-order valence-electron chi connectivity index (χ1n) is 14.7. The topological polar surface area (TPSA) is 120 Å². The molecule has 48 heavy (non-hydrogen) atoms. The van der Waals surface area contributed by atoms with Gasteiger partial charge in [0.15, 0.2) is 5.13 Å². The number of carbonyl (C=O) groups is 3. The molecule has 252 valence electrons. The van der Waals surface area contributed by atoms with E-state index in [0.29, 0.717) is 28.5 Å². The number of aromatic nitrogens is 1. The van der Waals surface area contributed by atoms with Crippen molar-refractivity contribution in [2.75, 3.05) is 11.9 Å². The molecule has 0 saturated carbocycles. The Kier molecular flexibility index (Phi) is 10.1. The van der Waals surface area contributed by atoms with Crippen LogP contribution in [0, 0.1) is 0 Å². The Morgan fingerprint density at radius 1 is 0.896 bits per heavy atom. The van der Waals surface area contributed by atoms with Gasteiger partial charge in [-0.05, 0) is 72.2 Å². The smallest absolute Gasteiger partial charge is 0.417 e. The lowest BCUT2D eigenvalue weighted by molar-refractivity contribution is -0.142. The van der Waals surface area contributed by atoms with Crippen LogP contribution in [0.3, 0.4) is 0 Å². The summed E-state index contributed by atoms with van der Waals surface area (Å²) in [5.41, 5.74) is 0.00234. The fourth-order valence-electron chi connectivity index (χ4n) is 5.29. The van der Waals surface area contributed by atoms with Crippen molar-refractivity contribution in [1.29, 1.82) is 0 Å². The number of halogens is 6. The highest BCUT2D eigenvalue weighted by atomic mass is 32.1. The summed E-state index contributed by atoms with van der Waals surface area (Å²) in [7, 11) is 0. The Morgan fingerprint density at radius 3 is 2.15 bits per heavy atom. The minimum Gasteiger partial charge on any atom is -0.481 e. The monoisotopic (exact) mass is 690 g/mol. The predicted octanol–water partition coefficient (Wildman–Crippen LogP) is 8.41. The number of aliphatic carboxylic acids is 1. The lowest BCUT2D eigenvalue weighted by atomic mass is 9.91. The van der Waals surface area contributed by atoms with E-state index >= 15 is 0 Å². The zero-order valence-electron chi connectivity index (χ0n) is 25.0. The molecular weight excluding hydrogens is 662 g/mol. The number of carboxylic acids is 1. The summed E-state index contributed by atoms with van der Waals surface area (Å²) in [5.74, 6) is -1.57. The van der Waals surface area contributed by atoms with Crippen molar-refractivity contribution in [3.63, 3.8) is 0 Å². The number of allylic oxidation sites excluding steroid dienone is 2. The number of hydrogen-bond acceptors (Lipinski definition) is 5. The van der Waals surface area contributed by atoms with Crippen molar-refractivity contribution in [3.8, 4) is 0 Å². The summed E-state index contributed by atoms with van der Waals surface area (Å²) < 4.78 is 80.5. The first-order chi connectivity index (χ1) is 22.7. The number of alkyl halides is 6. The highest BCUT2D eigenvalue weighted by Crippen LogP contribution is 2.43. The molecule has 0 saturated heterocycles. The van der Waals surface area contributed by atoms with E-state index in [0.717, 1.165) is 31.2 Å². The van der Waals surface area contributed by atoms with Gasteiger partial charge in [0, 0.05) is 12.1 Å². The van der Waals surface area contributed by atoms with Gasteiger partial charge in [-0.1, -0.05) is 53.8 Å². The lowest BCUT2D eigenvalue weighted by Crippen LogP contribution is -2.33. The number of fused-ring (bicyclic) bond motifs is 1. The van der Waals surface area contributed by atoms with Crippen LogP contribution in [0.2, 0.25) is 0 Å². The maximum atomic E-state index is 13.7. The molecule has 1 heterocycles. The van der Waals surface area contributed by atoms with Crippen LogP contribution in [0.4, 0.5) is 36.3 Å². The summed E-state index contributed by atoms with van der Waals surface area (Å²) >= 11 is 0.390. The average Bonchev–Trinajstić information content (AvgIpc) is 3.45. The molecule has 4 aromatic rings. The van der Waals surface area contributed by atoms with E-state index in [2.05, 4.69) is 27.0 Å². The van der Waals surface area contributed by atoms with Crippen molar-refractivity contribution in [2.24, 2.45) is 0 Å². The van der Waals surface area contributed by atoms with Gasteiger partial charge in [-0.3, -0.25) is 14.9 Å². The minimum absolute atomic E-state index is 0.0174. The van der Waals surface area contributed by atoms with Gasteiger partial charge in [-0.15, -0.1) is 0 Å². The number of benzene rings is 3. The van der Waals surface area contributed by atoms with Crippen LogP contribution >= 0.6 is 11.3 Å². The number of anilines is 1. The summed E-state index contributed by atoms with van der Waals surface area (Å²) in [4.78, 5) is 40.3. The maximum absolute atomic E-state index is 13.7. The molecule has 0 spiro atoms. The molecule has 0 radical (unpaired) electrons. The first-order valence-corrected chi connectivity index (χ1v) is 15.6. The maximum Gasteiger partial charge on any atom is 0.417 e. The standard InChI is InChI=1S/C33H28F6N4O4S/c34-32(35,36)23-16-24(33(37,38)39)28-25(17-23)41-31(48-28)43-30(47)42-27(20-8-6-19(7-9-20)18-4-2-1-3-5-18)21-10-12-22(13-11-21)29(46)40-15-14-26(44)45/h4,6-13,16-17,27H,1-3,5,14-15H2,(H,40,46)(H,44,45)(H2,41,42,43,47). The fraction of sp³-hybridized carbons (Fsp3) is 0.273. The Hall–Kier alpha value is -4.92. The third-order valence-electron chi connectivity index (χ3n) is 7.66. The van der Waals surface area contributed by atoms with E-state index in [1.807, 2.05) is 24.3 Å². The molecule has 1 aromatic heterocycles. The third kappa shape index (κ3) is 8.32. The molecule has 1 unspecified atom stereocenters. The Bertz CT molecular complexity index is 1850. The number of nitrogens with zero attached hydrogens (tertiary/aromatic N) is 1. The summed E-state index contributed by atoms with van der Waals surface area (Å²) in [6.45, 7) is -0.0726. The van der Waals surface area contributed by atoms with Gasteiger partial charge >= 0.3 is 24.4 Å². The van der Waals surface area contributed by atoms with E-state index in [1.165, 1.54) is 17.7 Å². The molecule has 3 amide bonds. The lowest BCUT2D eigenvalue weighted by Gasteiger charge is -2.21. The van der Waals surface area contributed by atoms with Crippen molar-refractivity contribution in [1.82, 2.24) is 15.6 Å². The highest BCUT2D eigenvalue weighted by Gasteiger charge is 2.39. The van der Waals surface area contributed by atoms with Gasteiger partial charge in [-0.25, -0.2) is 9.78 Å². The molecule has 0 aliphatic heterocycles. The average molecular weight is 691 g/mol. The number of carbonyl (C=O) groups excluding carboxylic acids is 2. The second-order valence-corrected chi connectivity index (χ2v) is 12.0. The molecule has 1 aliphatic carbocycles. The van der Waals surface area contributed by atoms with Gasteiger partial charge in [0.25, 0.3) is 5.91 Å². The van der Waals surface area contributed by atoms with Crippen LogP contribution in [0.1, 0.15) is 76.3 Å². The van der Waals surface area contributed by atoms with Gasteiger partial charge in [0.2, 0.25) is 0 Å². The Balaban J connectivity index is 1.42. The van der Waals surface area contributed by atoms with Crippen molar-refractivity contribution >= 4 is 50.2 Å². The molecular formula is C33H28F6N4O4S. The van der Waals surface area contributed by atoms with Crippen LogP contribution in [-0.4, -0.2) is 34.5 Å². The Morgan fingerprint density at radius 2 is 1.56 bits per heavy atom. The third-order valence-corrected chi connectivity index (χ3v) is 8.67.